The van der Waals surface area contributed by atoms with Gasteiger partial charge >= 0.3 is 0 Å². The fourth-order valence-electron chi connectivity index (χ4n) is 2.86. The Labute approximate surface area is 174 Å². The molecule has 1 N–H and O–H groups in total. The van der Waals surface area contributed by atoms with Gasteiger partial charge in [-0.25, -0.2) is 8.78 Å². The summed E-state index contributed by atoms with van der Waals surface area (Å²) in [6.45, 7) is 0.742. The first kappa shape index (κ1) is 23.1. The number of methoxy groups -OCH3 is 2. The van der Waals surface area contributed by atoms with Crippen molar-refractivity contribution < 1.29 is 27.8 Å². The van der Waals surface area contributed by atoms with Crippen molar-refractivity contribution in [2.45, 2.75) is 19.3 Å². The second-order valence-electron chi connectivity index (χ2n) is 6.74. The van der Waals surface area contributed by atoms with Crippen molar-refractivity contribution >= 4 is 11.8 Å². The summed E-state index contributed by atoms with van der Waals surface area (Å²) in [5.41, 5.74) is 0.788. The van der Waals surface area contributed by atoms with E-state index < -0.39 is 17.5 Å². The van der Waals surface area contributed by atoms with Crippen molar-refractivity contribution in [3.8, 4) is 11.5 Å². The molecule has 0 unspecified atom stereocenters. The number of carbonyl (C=O) groups excluding carboxylic acids is 2. The van der Waals surface area contributed by atoms with E-state index in [9.17, 15) is 18.4 Å². The minimum Gasteiger partial charge on any atom is -0.493 e. The van der Waals surface area contributed by atoms with Gasteiger partial charge in [-0.2, -0.15) is 0 Å². The molecular formula is C22H26F2N2O4. The molecule has 0 aliphatic heterocycles. The number of ether oxygens (including phenoxy) is 2. The predicted octanol–water partition coefficient (Wildman–Crippen LogP) is 3.19. The van der Waals surface area contributed by atoms with Crippen molar-refractivity contribution in [1.29, 1.82) is 0 Å². The number of benzene rings is 2. The van der Waals surface area contributed by atoms with Crippen LogP contribution in [0.3, 0.4) is 0 Å². The number of rotatable bonds is 10. The van der Waals surface area contributed by atoms with Crippen LogP contribution in [0, 0.1) is 11.6 Å². The molecule has 0 aliphatic rings. The molecule has 0 aromatic heterocycles. The molecule has 0 spiro atoms. The van der Waals surface area contributed by atoms with Crippen LogP contribution in [0.5, 0.6) is 11.5 Å². The Bertz CT molecular complexity index is 889. The van der Waals surface area contributed by atoms with Gasteiger partial charge in [0.2, 0.25) is 5.91 Å². The Balaban J connectivity index is 1.73. The second-order valence-corrected chi connectivity index (χ2v) is 6.74. The van der Waals surface area contributed by atoms with Crippen molar-refractivity contribution in [2.75, 3.05) is 34.4 Å². The molecule has 0 fully saturated rings. The highest BCUT2D eigenvalue weighted by Gasteiger charge is 2.13. The van der Waals surface area contributed by atoms with Gasteiger partial charge < -0.3 is 19.7 Å². The van der Waals surface area contributed by atoms with Gasteiger partial charge in [0.1, 0.15) is 11.6 Å². The van der Waals surface area contributed by atoms with Crippen LogP contribution in [0.2, 0.25) is 0 Å². The number of halogens is 2. The zero-order valence-electron chi connectivity index (χ0n) is 17.3. The van der Waals surface area contributed by atoms with Crippen molar-refractivity contribution in [1.82, 2.24) is 10.2 Å². The van der Waals surface area contributed by atoms with Gasteiger partial charge in [0.05, 0.1) is 19.8 Å². The van der Waals surface area contributed by atoms with Crippen LogP contribution in [0.4, 0.5) is 8.78 Å². The summed E-state index contributed by atoms with van der Waals surface area (Å²) in [7, 11) is 4.86. The second kappa shape index (κ2) is 11.1. The molecule has 2 aromatic rings. The normalized spacial score (nSPS) is 10.4. The number of likely N-dealkylation sites (N-methyl/N-ethyl adjacent to an activating group) is 1. The van der Waals surface area contributed by atoms with E-state index in [0.717, 1.165) is 17.7 Å². The van der Waals surface area contributed by atoms with E-state index >= 15 is 0 Å². The molecule has 2 aromatic carbocycles. The zero-order valence-corrected chi connectivity index (χ0v) is 17.3. The number of amides is 2. The molecular weight excluding hydrogens is 394 g/mol. The minimum absolute atomic E-state index is 0.0577. The van der Waals surface area contributed by atoms with E-state index in [1.807, 2.05) is 18.2 Å². The molecule has 162 valence electrons. The lowest BCUT2D eigenvalue weighted by molar-refractivity contribution is -0.129. The summed E-state index contributed by atoms with van der Waals surface area (Å²) in [5, 5.41) is 2.54. The molecule has 0 saturated carbocycles. The molecule has 0 saturated heterocycles. The Hall–Kier alpha value is -3.16. The van der Waals surface area contributed by atoms with E-state index in [4.69, 9.17) is 9.47 Å². The third-order valence-electron chi connectivity index (χ3n) is 4.64. The van der Waals surface area contributed by atoms with Crippen LogP contribution in [-0.4, -0.2) is 51.1 Å². The van der Waals surface area contributed by atoms with Gasteiger partial charge in [0, 0.05) is 32.6 Å². The first-order valence-electron chi connectivity index (χ1n) is 9.53. The Kier molecular flexibility index (Phi) is 8.58. The molecule has 0 radical (unpaired) electrons. The van der Waals surface area contributed by atoms with Crippen LogP contribution in [0.25, 0.3) is 0 Å². The lowest BCUT2D eigenvalue weighted by atomic mass is 10.1. The predicted molar refractivity (Wildman–Crippen MR) is 109 cm³/mol. The SMILES string of the molecule is COc1ccc(CCN(C)C(=O)CCCNC(=O)c2ccc(F)cc2F)cc1OC. The summed E-state index contributed by atoms with van der Waals surface area (Å²) >= 11 is 0. The largest absolute Gasteiger partial charge is 0.493 e. The van der Waals surface area contributed by atoms with Crippen LogP contribution in [0.1, 0.15) is 28.8 Å². The maximum absolute atomic E-state index is 13.6. The maximum atomic E-state index is 13.6. The lowest BCUT2D eigenvalue weighted by Crippen LogP contribution is -2.30. The van der Waals surface area contributed by atoms with Gasteiger partial charge in [0.15, 0.2) is 11.5 Å². The number of carbonyl (C=O) groups is 2. The fourth-order valence-corrected chi connectivity index (χ4v) is 2.86. The van der Waals surface area contributed by atoms with E-state index in [-0.39, 0.29) is 24.4 Å². The summed E-state index contributed by atoms with van der Waals surface area (Å²) in [5.74, 6) is -1.07. The van der Waals surface area contributed by atoms with Crippen LogP contribution < -0.4 is 14.8 Å². The summed E-state index contributed by atoms with van der Waals surface area (Å²) in [6.07, 6.45) is 1.31. The highest BCUT2D eigenvalue weighted by molar-refractivity contribution is 5.94. The van der Waals surface area contributed by atoms with Gasteiger partial charge in [-0.15, -0.1) is 0 Å². The summed E-state index contributed by atoms with van der Waals surface area (Å²) in [4.78, 5) is 25.8. The number of nitrogens with zero attached hydrogens (tertiary/aromatic N) is 1. The Morgan fingerprint density at radius 2 is 1.77 bits per heavy atom. The smallest absolute Gasteiger partial charge is 0.254 e. The molecule has 2 amide bonds. The molecule has 0 atom stereocenters. The zero-order chi connectivity index (χ0) is 22.1. The van der Waals surface area contributed by atoms with Gasteiger partial charge in [-0.05, 0) is 42.7 Å². The molecule has 30 heavy (non-hydrogen) atoms. The molecule has 6 nitrogen and oxygen atoms in total. The quantitative estimate of drug-likeness (QED) is 0.600. The molecule has 0 heterocycles. The Morgan fingerprint density at radius 3 is 2.43 bits per heavy atom. The number of nitrogens with one attached hydrogen (secondary N) is 1. The number of hydrogen-bond acceptors (Lipinski definition) is 4. The van der Waals surface area contributed by atoms with Crippen molar-refractivity contribution in [3.63, 3.8) is 0 Å². The minimum atomic E-state index is -0.918. The number of hydrogen-bond donors (Lipinski definition) is 1. The first-order chi connectivity index (χ1) is 14.3. The highest BCUT2D eigenvalue weighted by atomic mass is 19.1. The van der Waals surface area contributed by atoms with Crippen LogP contribution in [0.15, 0.2) is 36.4 Å². The summed E-state index contributed by atoms with van der Waals surface area (Å²) in [6, 6.07) is 8.39. The molecule has 2 rings (SSSR count). The standard InChI is InChI=1S/C22H26F2N2O4/c1-26(12-10-15-6-9-19(29-2)20(13-15)30-3)21(27)5-4-11-25-22(28)17-8-7-16(23)14-18(17)24/h6-9,13-14H,4-5,10-12H2,1-3H3,(H,25,28). The third-order valence-corrected chi connectivity index (χ3v) is 4.64. The van der Waals surface area contributed by atoms with E-state index in [1.54, 1.807) is 26.2 Å². The van der Waals surface area contributed by atoms with Gasteiger partial charge in [-0.1, -0.05) is 6.07 Å². The van der Waals surface area contributed by atoms with Gasteiger partial charge in [0.25, 0.3) is 5.91 Å². The Morgan fingerprint density at radius 1 is 1.03 bits per heavy atom. The highest BCUT2D eigenvalue weighted by Crippen LogP contribution is 2.27. The third kappa shape index (κ3) is 6.43. The molecule has 8 heteroatoms. The van der Waals surface area contributed by atoms with Crippen LogP contribution >= 0.6 is 0 Å². The first-order valence-corrected chi connectivity index (χ1v) is 9.53. The van der Waals surface area contributed by atoms with Crippen molar-refractivity contribution in [3.05, 3.63) is 59.2 Å². The van der Waals surface area contributed by atoms with E-state index in [2.05, 4.69) is 5.32 Å². The van der Waals surface area contributed by atoms with Gasteiger partial charge in [-0.3, -0.25) is 9.59 Å². The van der Waals surface area contributed by atoms with E-state index in [0.29, 0.717) is 37.0 Å². The maximum Gasteiger partial charge on any atom is 0.254 e. The molecule has 0 aliphatic carbocycles. The molecule has 0 bridgehead atoms. The average Bonchev–Trinajstić information content (AvgIpc) is 2.74. The monoisotopic (exact) mass is 420 g/mol. The van der Waals surface area contributed by atoms with Crippen LogP contribution in [-0.2, 0) is 11.2 Å². The van der Waals surface area contributed by atoms with E-state index in [1.165, 1.54) is 0 Å². The average molecular weight is 420 g/mol. The topological polar surface area (TPSA) is 67.9 Å². The fraction of sp³-hybridized carbons (Fsp3) is 0.364. The lowest BCUT2D eigenvalue weighted by Gasteiger charge is -2.18. The van der Waals surface area contributed by atoms with Crippen molar-refractivity contribution in [2.24, 2.45) is 0 Å². The summed E-state index contributed by atoms with van der Waals surface area (Å²) < 4.78 is 37.0.